The summed E-state index contributed by atoms with van der Waals surface area (Å²) in [5.74, 6) is -0.286. The van der Waals surface area contributed by atoms with Crippen LogP contribution >= 0.6 is 0 Å². The van der Waals surface area contributed by atoms with Crippen molar-refractivity contribution < 1.29 is 8.81 Å². The van der Waals surface area contributed by atoms with E-state index in [0.29, 0.717) is 10.9 Å². The molecule has 17 heavy (non-hydrogen) atoms. The highest BCUT2D eigenvalue weighted by Crippen LogP contribution is 2.20. The number of nitrogens with zero attached hydrogens (tertiary/aromatic N) is 3. The molecule has 84 valence electrons. The molecule has 0 aliphatic carbocycles. The fourth-order valence-electron chi connectivity index (χ4n) is 1.70. The van der Waals surface area contributed by atoms with Crippen LogP contribution in [0.15, 0.2) is 27.4 Å². The minimum absolute atomic E-state index is 0.00806. The molecule has 1 aromatic carbocycles. The van der Waals surface area contributed by atoms with Gasteiger partial charge in [-0.15, -0.1) is 10.2 Å². The summed E-state index contributed by atoms with van der Waals surface area (Å²) < 4.78 is 18.3. The molecule has 0 aliphatic rings. The molecule has 0 unspecified atom stereocenters. The molecule has 0 saturated heterocycles. The van der Waals surface area contributed by atoms with Crippen molar-refractivity contribution in [1.29, 1.82) is 0 Å². The highest BCUT2D eigenvalue weighted by atomic mass is 19.1. The van der Waals surface area contributed by atoms with E-state index >= 15 is 0 Å². The lowest BCUT2D eigenvalue weighted by molar-refractivity contribution is 0.465. The molecule has 3 rings (SSSR count). The van der Waals surface area contributed by atoms with E-state index in [1.54, 1.807) is 13.0 Å². The number of hydrogen-bond donors (Lipinski definition) is 0. The van der Waals surface area contributed by atoms with Crippen molar-refractivity contribution in [3.05, 3.63) is 40.3 Å². The van der Waals surface area contributed by atoms with Crippen molar-refractivity contribution in [3.63, 3.8) is 0 Å². The summed E-state index contributed by atoms with van der Waals surface area (Å²) in [6, 6.07) is 4.45. The second-order valence-electron chi connectivity index (χ2n) is 3.55. The Kier molecular flexibility index (Phi) is 1.91. The lowest BCUT2D eigenvalue weighted by atomic mass is 10.2. The highest BCUT2D eigenvalue weighted by molar-refractivity contribution is 6.00. The Bertz CT molecular complexity index is 798. The molecule has 0 N–H and O–H groups in total. The minimum atomic E-state index is -0.619. The monoisotopic (exact) mass is 231 g/mol. The van der Waals surface area contributed by atoms with Crippen LogP contribution in [0.4, 0.5) is 4.39 Å². The molecular formula is C11H6FN3O2. The number of hydrogen-bond acceptors (Lipinski definition) is 5. The van der Waals surface area contributed by atoms with Crippen molar-refractivity contribution in [1.82, 2.24) is 15.2 Å². The maximum atomic E-state index is 13.5. The molecule has 0 spiro atoms. The first kappa shape index (κ1) is 9.83. The van der Waals surface area contributed by atoms with E-state index in [2.05, 4.69) is 15.2 Å². The van der Waals surface area contributed by atoms with Crippen LogP contribution < -0.4 is 5.63 Å². The van der Waals surface area contributed by atoms with E-state index in [1.165, 1.54) is 12.1 Å². The van der Waals surface area contributed by atoms with Crippen LogP contribution in [0, 0.1) is 12.7 Å². The average molecular weight is 231 g/mol. The largest absolute Gasteiger partial charge is 0.407 e. The van der Waals surface area contributed by atoms with E-state index in [0.717, 1.165) is 0 Å². The molecule has 3 aromatic rings. The zero-order valence-electron chi connectivity index (χ0n) is 8.77. The standard InChI is InChI=1S/C11H6FN3O2/c1-5-13-9-6-3-2-4-7(12)8(6)14-15-10(9)11(16)17-5/h2-4H,1H3. The summed E-state index contributed by atoms with van der Waals surface area (Å²) in [6.07, 6.45) is 0. The third-order valence-electron chi connectivity index (χ3n) is 2.42. The predicted molar refractivity (Wildman–Crippen MR) is 58.1 cm³/mol. The number of benzene rings is 1. The third-order valence-corrected chi connectivity index (χ3v) is 2.42. The SMILES string of the molecule is Cc1nc2c(nnc3c(F)cccc32)c(=O)o1. The zero-order valence-corrected chi connectivity index (χ0v) is 8.77. The van der Waals surface area contributed by atoms with E-state index in [9.17, 15) is 9.18 Å². The molecule has 6 heteroatoms. The third kappa shape index (κ3) is 1.37. The molecule has 0 amide bonds. The van der Waals surface area contributed by atoms with Gasteiger partial charge in [0.15, 0.2) is 17.2 Å². The van der Waals surface area contributed by atoms with E-state index in [4.69, 9.17) is 4.42 Å². The zero-order chi connectivity index (χ0) is 12.0. The van der Waals surface area contributed by atoms with Crippen LogP contribution in [0.3, 0.4) is 0 Å². The van der Waals surface area contributed by atoms with Gasteiger partial charge in [0.2, 0.25) is 0 Å². The van der Waals surface area contributed by atoms with Crippen molar-refractivity contribution in [3.8, 4) is 0 Å². The summed E-state index contributed by atoms with van der Waals surface area (Å²) in [5, 5.41) is 7.78. The van der Waals surface area contributed by atoms with Gasteiger partial charge < -0.3 is 4.42 Å². The van der Waals surface area contributed by atoms with Gasteiger partial charge in [-0.1, -0.05) is 12.1 Å². The summed E-state index contributed by atoms with van der Waals surface area (Å²) >= 11 is 0. The van der Waals surface area contributed by atoms with Crippen LogP contribution in [-0.2, 0) is 0 Å². The maximum Gasteiger partial charge on any atom is 0.367 e. The normalized spacial score (nSPS) is 11.2. The van der Waals surface area contributed by atoms with Crippen LogP contribution in [0.1, 0.15) is 5.89 Å². The van der Waals surface area contributed by atoms with E-state index in [-0.39, 0.29) is 16.9 Å². The fraction of sp³-hybridized carbons (Fsp3) is 0.0909. The molecule has 2 aromatic heterocycles. The van der Waals surface area contributed by atoms with E-state index in [1.807, 2.05) is 0 Å². The fourth-order valence-corrected chi connectivity index (χ4v) is 1.70. The van der Waals surface area contributed by atoms with Gasteiger partial charge in [0.05, 0.1) is 0 Å². The van der Waals surface area contributed by atoms with Crippen molar-refractivity contribution in [2.75, 3.05) is 0 Å². The average Bonchev–Trinajstić information content (AvgIpc) is 2.29. The molecule has 0 saturated carbocycles. The lowest BCUT2D eigenvalue weighted by Gasteiger charge is -2.01. The molecule has 0 atom stereocenters. The summed E-state index contributed by atoms with van der Waals surface area (Å²) in [5.41, 5.74) is -0.208. The summed E-state index contributed by atoms with van der Waals surface area (Å²) in [4.78, 5) is 15.6. The number of aryl methyl sites for hydroxylation is 1. The van der Waals surface area contributed by atoms with Crippen LogP contribution in [0.5, 0.6) is 0 Å². The van der Waals surface area contributed by atoms with Gasteiger partial charge in [-0.2, -0.15) is 0 Å². The Balaban J connectivity index is 2.65. The molecule has 0 fully saturated rings. The summed E-state index contributed by atoms with van der Waals surface area (Å²) in [6.45, 7) is 1.55. The quantitative estimate of drug-likeness (QED) is 0.549. The van der Waals surface area contributed by atoms with E-state index < -0.39 is 11.4 Å². The van der Waals surface area contributed by atoms with Gasteiger partial charge in [-0.05, 0) is 6.07 Å². The highest BCUT2D eigenvalue weighted by Gasteiger charge is 2.12. The van der Waals surface area contributed by atoms with Crippen LogP contribution in [0.25, 0.3) is 21.9 Å². The molecular weight excluding hydrogens is 225 g/mol. The smallest absolute Gasteiger partial charge is 0.367 e. The van der Waals surface area contributed by atoms with Crippen molar-refractivity contribution >= 4 is 21.9 Å². The first-order chi connectivity index (χ1) is 8.16. The Hall–Kier alpha value is -2.37. The molecule has 0 aliphatic heterocycles. The Morgan fingerprint density at radius 2 is 1.94 bits per heavy atom. The van der Waals surface area contributed by atoms with Crippen LogP contribution in [0.2, 0.25) is 0 Å². The number of halogens is 1. The first-order valence-corrected chi connectivity index (χ1v) is 4.89. The number of rotatable bonds is 0. The predicted octanol–water partition coefficient (Wildman–Crippen LogP) is 1.58. The van der Waals surface area contributed by atoms with Gasteiger partial charge in [0.25, 0.3) is 0 Å². The Morgan fingerprint density at radius 3 is 2.76 bits per heavy atom. The molecule has 2 heterocycles. The van der Waals surface area contributed by atoms with Gasteiger partial charge >= 0.3 is 5.63 Å². The molecule has 5 nitrogen and oxygen atoms in total. The topological polar surface area (TPSA) is 68.9 Å². The molecule has 0 bridgehead atoms. The minimum Gasteiger partial charge on any atom is -0.407 e. The van der Waals surface area contributed by atoms with Crippen molar-refractivity contribution in [2.24, 2.45) is 0 Å². The maximum absolute atomic E-state index is 13.5. The number of aromatic nitrogens is 3. The Labute approximate surface area is 93.9 Å². The van der Waals surface area contributed by atoms with Crippen molar-refractivity contribution in [2.45, 2.75) is 6.92 Å². The lowest BCUT2D eigenvalue weighted by Crippen LogP contribution is -2.07. The van der Waals surface area contributed by atoms with Gasteiger partial charge in [-0.25, -0.2) is 14.2 Å². The van der Waals surface area contributed by atoms with Gasteiger partial charge in [-0.3, -0.25) is 0 Å². The number of fused-ring (bicyclic) bond motifs is 3. The van der Waals surface area contributed by atoms with Gasteiger partial charge in [0, 0.05) is 12.3 Å². The van der Waals surface area contributed by atoms with Crippen LogP contribution in [-0.4, -0.2) is 15.2 Å². The van der Waals surface area contributed by atoms with Gasteiger partial charge in [0.1, 0.15) is 11.0 Å². The first-order valence-electron chi connectivity index (χ1n) is 4.89. The molecule has 0 radical (unpaired) electrons. The summed E-state index contributed by atoms with van der Waals surface area (Å²) in [7, 11) is 0. The second kappa shape index (κ2) is 3.31. The second-order valence-corrected chi connectivity index (χ2v) is 3.55. The Morgan fingerprint density at radius 1 is 1.18 bits per heavy atom.